The Bertz CT molecular complexity index is 784. The third-order valence-electron chi connectivity index (χ3n) is 3.66. The molecule has 0 aliphatic heterocycles. The summed E-state index contributed by atoms with van der Waals surface area (Å²) in [5.41, 5.74) is 0.534. The summed E-state index contributed by atoms with van der Waals surface area (Å²) < 4.78 is 38.9. The number of unbranched alkanes of at least 4 members (excludes halogenated alkanes) is 3. The lowest BCUT2D eigenvalue weighted by atomic mass is 10.1. The van der Waals surface area contributed by atoms with Crippen molar-refractivity contribution < 1.29 is 22.8 Å². The lowest BCUT2D eigenvalue weighted by Crippen LogP contribution is -2.06. The lowest BCUT2D eigenvalue weighted by Gasteiger charge is -2.13. The maximum atomic E-state index is 11.8. The van der Waals surface area contributed by atoms with Gasteiger partial charge in [-0.05, 0) is 36.6 Å². The summed E-state index contributed by atoms with van der Waals surface area (Å²) >= 11 is 0. The van der Waals surface area contributed by atoms with Gasteiger partial charge in [0, 0.05) is 6.07 Å². The van der Waals surface area contributed by atoms with Crippen molar-refractivity contribution >= 4 is 10.1 Å². The summed E-state index contributed by atoms with van der Waals surface area (Å²) in [6.07, 6.45) is 4.56. The number of ether oxygens (including phenoxy) is 1. The van der Waals surface area contributed by atoms with Crippen molar-refractivity contribution in [2.45, 2.75) is 43.9 Å². The molecule has 24 heavy (non-hydrogen) atoms. The fourth-order valence-electron chi connectivity index (χ4n) is 2.55. The first kappa shape index (κ1) is 18.3. The van der Waals surface area contributed by atoms with Crippen LogP contribution in [0.1, 0.15) is 38.2 Å². The molecule has 2 aromatic rings. The van der Waals surface area contributed by atoms with E-state index in [1.54, 1.807) is 24.3 Å². The number of aromatic hydroxyl groups is 1. The van der Waals surface area contributed by atoms with Crippen LogP contribution in [0.2, 0.25) is 0 Å². The van der Waals surface area contributed by atoms with Gasteiger partial charge in [0.2, 0.25) is 0 Å². The highest BCUT2D eigenvalue weighted by molar-refractivity contribution is 7.86. The monoisotopic (exact) mass is 350 g/mol. The molecule has 0 saturated heterocycles. The predicted octanol–water partition coefficient (Wildman–Crippen LogP) is 4.55. The van der Waals surface area contributed by atoms with Gasteiger partial charge in [-0.3, -0.25) is 4.55 Å². The van der Waals surface area contributed by atoms with Crippen molar-refractivity contribution in [3.8, 4) is 17.2 Å². The van der Waals surface area contributed by atoms with Gasteiger partial charge in [-0.25, -0.2) is 0 Å². The van der Waals surface area contributed by atoms with Gasteiger partial charge in [-0.2, -0.15) is 8.42 Å². The van der Waals surface area contributed by atoms with E-state index in [0.717, 1.165) is 25.7 Å². The van der Waals surface area contributed by atoms with Crippen LogP contribution in [0, 0.1) is 0 Å². The number of phenolic OH excluding ortho intramolecular Hbond substituents is 1. The Morgan fingerprint density at radius 3 is 2.46 bits per heavy atom. The van der Waals surface area contributed by atoms with Gasteiger partial charge >= 0.3 is 0 Å². The van der Waals surface area contributed by atoms with E-state index in [-0.39, 0.29) is 16.4 Å². The maximum Gasteiger partial charge on any atom is 0.298 e. The van der Waals surface area contributed by atoms with E-state index in [1.807, 2.05) is 0 Å². The van der Waals surface area contributed by atoms with Crippen molar-refractivity contribution in [3.63, 3.8) is 0 Å². The molecule has 0 bridgehead atoms. The van der Waals surface area contributed by atoms with Crippen LogP contribution >= 0.6 is 0 Å². The molecule has 0 spiro atoms. The molecule has 0 aliphatic rings. The molecule has 0 aromatic heterocycles. The summed E-state index contributed by atoms with van der Waals surface area (Å²) in [6.45, 7) is 2.10. The van der Waals surface area contributed by atoms with Crippen molar-refractivity contribution in [2.75, 3.05) is 0 Å². The van der Waals surface area contributed by atoms with Crippen LogP contribution in [0.3, 0.4) is 0 Å². The highest BCUT2D eigenvalue weighted by atomic mass is 32.2. The van der Waals surface area contributed by atoms with Gasteiger partial charge in [0.25, 0.3) is 10.1 Å². The van der Waals surface area contributed by atoms with E-state index >= 15 is 0 Å². The third kappa shape index (κ3) is 4.97. The molecule has 0 amide bonds. The zero-order valence-corrected chi connectivity index (χ0v) is 14.4. The number of rotatable bonds is 8. The van der Waals surface area contributed by atoms with Crippen LogP contribution in [-0.4, -0.2) is 18.1 Å². The molecule has 0 unspecified atom stereocenters. The van der Waals surface area contributed by atoms with E-state index in [2.05, 4.69) is 6.92 Å². The molecule has 5 nitrogen and oxygen atoms in total. The van der Waals surface area contributed by atoms with E-state index in [9.17, 15) is 18.1 Å². The topological polar surface area (TPSA) is 83.8 Å². The molecule has 0 atom stereocenters. The number of hydrogen-bond donors (Lipinski definition) is 2. The first-order chi connectivity index (χ1) is 11.4. The Morgan fingerprint density at radius 2 is 1.79 bits per heavy atom. The van der Waals surface area contributed by atoms with Crippen LogP contribution in [-0.2, 0) is 16.5 Å². The largest absolute Gasteiger partial charge is 0.508 e. The van der Waals surface area contributed by atoms with Crippen molar-refractivity contribution in [2.24, 2.45) is 0 Å². The number of benzene rings is 2. The minimum Gasteiger partial charge on any atom is -0.508 e. The molecular formula is C18H22O5S. The first-order valence-electron chi connectivity index (χ1n) is 7.98. The van der Waals surface area contributed by atoms with E-state index < -0.39 is 10.1 Å². The fourth-order valence-corrected chi connectivity index (χ4v) is 3.41. The maximum absolute atomic E-state index is 11.8. The smallest absolute Gasteiger partial charge is 0.298 e. The summed E-state index contributed by atoms with van der Waals surface area (Å²) in [5.74, 6) is 0.357. The second-order valence-electron chi connectivity index (χ2n) is 5.63. The lowest BCUT2D eigenvalue weighted by molar-refractivity contribution is 0.439. The second-order valence-corrected chi connectivity index (χ2v) is 6.99. The van der Waals surface area contributed by atoms with Crippen LogP contribution in [0.5, 0.6) is 17.2 Å². The molecule has 0 heterocycles. The zero-order chi connectivity index (χ0) is 17.6. The Labute approximate surface area is 142 Å². The Hall–Kier alpha value is -2.05. The highest BCUT2D eigenvalue weighted by Crippen LogP contribution is 2.33. The van der Waals surface area contributed by atoms with Gasteiger partial charge in [0.1, 0.15) is 22.1 Å². The molecule has 2 rings (SSSR count). The number of hydrogen-bond acceptors (Lipinski definition) is 4. The van der Waals surface area contributed by atoms with Gasteiger partial charge in [-0.15, -0.1) is 0 Å². The molecule has 0 fully saturated rings. The van der Waals surface area contributed by atoms with Gasteiger partial charge < -0.3 is 9.84 Å². The molecule has 2 N–H and O–H groups in total. The van der Waals surface area contributed by atoms with E-state index in [0.29, 0.717) is 17.7 Å². The van der Waals surface area contributed by atoms with Crippen LogP contribution in [0.15, 0.2) is 47.4 Å². The van der Waals surface area contributed by atoms with Gasteiger partial charge in [-0.1, -0.05) is 44.4 Å². The van der Waals surface area contributed by atoms with Crippen LogP contribution in [0.4, 0.5) is 0 Å². The minimum atomic E-state index is -4.42. The molecule has 130 valence electrons. The second kappa shape index (κ2) is 8.17. The number of aryl methyl sites for hydroxylation is 1. The summed E-state index contributed by atoms with van der Waals surface area (Å²) in [6, 6.07) is 10.9. The van der Waals surface area contributed by atoms with Gasteiger partial charge in [0.05, 0.1) is 0 Å². The zero-order valence-electron chi connectivity index (χ0n) is 13.6. The van der Waals surface area contributed by atoms with Crippen molar-refractivity contribution in [1.29, 1.82) is 0 Å². The van der Waals surface area contributed by atoms with Crippen LogP contribution in [0.25, 0.3) is 0 Å². The predicted molar refractivity (Wildman–Crippen MR) is 92.3 cm³/mol. The molecule has 0 radical (unpaired) electrons. The Balaban J connectivity index is 2.33. The standard InChI is InChI=1S/C18H22O5S/c1-2-3-4-5-8-14-9-6-12-17(18(14)24(20,21)22)23-16-11-7-10-15(19)13-16/h6-7,9-13,19H,2-5,8H2,1H3,(H,20,21,22). The number of phenols is 1. The minimum absolute atomic E-state index is 0.0108. The Kier molecular flexibility index (Phi) is 6.23. The van der Waals surface area contributed by atoms with E-state index in [4.69, 9.17) is 4.74 Å². The third-order valence-corrected chi connectivity index (χ3v) is 4.64. The molecule has 0 aliphatic carbocycles. The highest BCUT2D eigenvalue weighted by Gasteiger charge is 2.22. The average molecular weight is 350 g/mol. The van der Waals surface area contributed by atoms with Crippen molar-refractivity contribution in [1.82, 2.24) is 0 Å². The fraction of sp³-hybridized carbons (Fsp3) is 0.333. The SMILES string of the molecule is CCCCCCc1cccc(Oc2cccc(O)c2)c1S(=O)(=O)O. The summed E-state index contributed by atoms with van der Waals surface area (Å²) in [7, 11) is -4.42. The van der Waals surface area contributed by atoms with Crippen LogP contribution < -0.4 is 4.74 Å². The molecule has 2 aromatic carbocycles. The molecule has 0 saturated carbocycles. The average Bonchev–Trinajstić information content (AvgIpc) is 2.50. The molecule has 6 heteroatoms. The van der Waals surface area contributed by atoms with Crippen molar-refractivity contribution in [3.05, 3.63) is 48.0 Å². The summed E-state index contributed by atoms with van der Waals surface area (Å²) in [4.78, 5) is -0.204. The summed E-state index contributed by atoms with van der Waals surface area (Å²) in [5, 5.41) is 9.49. The first-order valence-corrected chi connectivity index (χ1v) is 9.42. The quantitative estimate of drug-likeness (QED) is 0.539. The molecular weight excluding hydrogens is 328 g/mol. The Morgan fingerprint density at radius 1 is 1.04 bits per heavy atom. The normalized spacial score (nSPS) is 11.4. The van der Waals surface area contributed by atoms with E-state index in [1.165, 1.54) is 18.2 Å². The van der Waals surface area contributed by atoms with Gasteiger partial charge in [0.15, 0.2) is 0 Å².